The Kier molecular flexibility index (Phi) is 4.42. The van der Waals surface area contributed by atoms with E-state index in [1.165, 1.54) is 11.1 Å². The molecule has 2 heterocycles. The lowest BCUT2D eigenvalue weighted by Crippen LogP contribution is -2.08. The Bertz CT molecular complexity index is 988. The van der Waals surface area contributed by atoms with Crippen molar-refractivity contribution in [2.75, 3.05) is 5.32 Å². The number of benzene rings is 2. The molecule has 1 N–H and O–H groups in total. The van der Waals surface area contributed by atoms with Crippen molar-refractivity contribution in [2.45, 2.75) is 20.0 Å². The lowest BCUT2D eigenvalue weighted by Gasteiger charge is -2.09. The number of hydrogen-bond acceptors (Lipinski definition) is 5. The predicted octanol–water partition coefficient (Wildman–Crippen LogP) is 2.83. The molecule has 0 amide bonds. The molecule has 0 aliphatic rings. The summed E-state index contributed by atoms with van der Waals surface area (Å²) in [5, 5.41) is 15.2. The number of imidazole rings is 1. The molecule has 0 bridgehead atoms. The molecule has 4 rings (SSSR count). The minimum absolute atomic E-state index is 0.618. The highest BCUT2D eigenvalue weighted by molar-refractivity contribution is 5.39. The maximum absolute atomic E-state index is 4.27. The van der Waals surface area contributed by atoms with E-state index in [2.05, 4.69) is 54.7 Å². The van der Waals surface area contributed by atoms with Crippen LogP contribution in [0.3, 0.4) is 0 Å². The summed E-state index contributed by atoms with van der Waals surface area (Å²) in [5.41, 5.74) is 3.32. The van der Waals surface area contributed by atoms with E-state index in [4.69, 9.17) is 0 Å². The van der Waals surface area contributed by atoms with Crippen molar-refractivity contribution in [3.63, 3.8) is 0 Å². The van der Waals surface area contributed by atoms with Crippen LogP contribution in [0.2, 0.25) is 0 Å². The maximum Gasteiger partial charge on any atom is 0.248 e. The van der Waals surface area contributed by atoms with E-state index in [1.54, 1.807) is 4.68 Å². The highest BCUT2D eigenvalue weighted by Crippen LogP contribution is 2.13. The minimum Gasteiger partial charge on any atom is -0.349 e. The summed E-state index contributed by atoms with van der Waals surface area (Å²) in [6, 6.07) is 18.3. The van der Waals surface area contributed by atoms with Crippen molar-refractivity contribution < 1.29 is 0 Å². The maximum atomic E-state index is 4.27. The van der Waals surface area contributed by atoms with Gasteiger partial charge in [-0.3, -0.25) is 0 Å². The lowest BCUT2D eigenvalue weighted by atomic mass is 10.1. The van der Waals surface area contributed by atoms with Crippen LogP contribution in [0.4, 0.5) is 5.95 Å². The topological polar surface area (TPSA) is 73.5 Å². The van der Waals surface area contributed by atoms with Crippen molar-refractivity contribution >= 4 is 5.95 Å². The Morgan fingerprint density at radius 2 is 1.85 bits per heavy atom. The van der Waals surface area contributed by atoms with Gasteiger partial charge >= 0.3 is 0 Å². The summed E-state index contributed by atoms with van der Waals surface area (Å²) in [6.07, 6.45) is 3.82. The number of aryl methyl sites for hydroxylation is 1. The van der Waals surface area contributed by atoms with Crippen LogP contribution in [0.5, 0.6) is 0 Å². The average molecular weight is 345 g/mol. The quantitative estimate of drug-likeness (QED) is 0.582. The monoisotopic (exact) mass is 345 g/mol. The van der Waals surface area contributed by atoms with E-state index < -0.39 is 0 Å². The molecule has 4 aromatic rings. The van der Waals surface area contributed by atoms with Crippen LogP contribution in [-0.2, 0) is 13.1 Å². The summed E-state index contributed by atoms with van der Waals surface area (Å²) in [6.45, 7) is 3.46. The summed E-state index contributed by atoms with van der Waals surface area (Å²) < 4.78 is 3.82. The van der Waals surface area contributed by atoms with Crippen LogP contribution in [0, 0.1) is 6.92 Å². The van der Waals surface area contributed by atoms with Crippen LogP contribution in [0.1, 0.15) is 17.0 Å². The first-order valence-electron chi connectivity index (χ1n) is 8.43. The Hall–Kier alpha value is -3.48. The molecule has 0 aliphatic carbocycles. The second kappa shape index (κ2) is 7.18. The van der Waals surface area contributed by atoms with E-state index in [-0.39, 0.29) is 0 Å². The molecule has 0 saturated heterocycles. The normalized spacial score (nSPS) is 10.8. The fourth-order valence-corrected chi connectivity index (χ4v) is 2.83. The van der Waals surface area contributed by atoms with Gasteiger partial charge in [-0.15, -0.1) is 0 Å². The minimum atomic E-state index is 0.618. The number of hydrogen-bond donors (Lipinski definition) is 1. The molecule has 0 spiro atoms. The van der Waals surface area contributed by atoms with Gasteiger partial charge in [0.2, 0.25) is 5.95 Å². The second-order valence-corrected chi connectivity index (χ2v) is 6.03. The third kappa shape index (κ3) is 3.46. The van der Waals surface area contributed by atoms with Gasteiger partial charge in [-0.1, -0.05) is 47.6 Å². The van der Waals surface area contributed by atoms with Gasteiger partial charge in [0.1, 0.15) is 5.82 Å². The molecule has 0 atom stereocenters. The standard InChI is InChI=1S/C19H19N7/c1-15-20-10-11-25(15)14-17-7-5-6-16(12-17)13-21-19-22-23-24-26(19)18-8-3-2-4-9-18/h2-12H,13-14H2,1H3,(H,21,22,24). The number of para-hydroxylation sites is 1. The zero-order chi connectivity index (χ0) is 17.8. The first-order chi connectivity index (χ1) is 12.8. The number of nitrogens with one attached hydrogen (secondary N) is 1. The lowest BCUT2D eigenvalue weighted by molar-refractivity contribution is 0.760. The third-order valence-corrected chi connectivity index (χ3v) is 4.19. The van der Waals surface area contributed by atoms with Crippen molar-refractivity contribution in [3.8, 4) is 5.69 Å². The van der Waals surface area contributed by atoms with Gasteiger partial charge in [-0.2, -0.15) is 4.68 Å². The summed E-state index contributed by atoms with van der Waals surface area (Å²) >= 11 is 0. The Balaban J connectivity index is 1.47. The molecule has 2 aromatic carbocycles. The number of rotatable bonds is 6. The van der Waals surface area contributed by atoms with Gasteiger partial charge in [0.05, 0.1) is 5.69 Å². The fraction of sp³-hybridized carbons (Fsp3) is 0.158. The molecular formula is C19H19N7. The zero-order valence-corrected chi connectivity index (χ0v) is 14.4. The van der Waals surface area contributed by atoms with E-state index in [1.807, 2.05) is 49.6 Å². The van der Waals surface area contributed by atoms with Gasteiger partial charge in [0.15, 0.2) is 0 Å². The summed E-state index contributed by atoms with van der Waals surface area (Å²) in [7, 11) is 0. The molecule has 0 aliphatic heterocycles. The van der Waals surface area contributed by atoms with Crippen molar-refractivity contribution in [1.29, 1.82) is 0 Å². The van der Waals surface area contributed by atoms with Crippen LogP contribution >= 0.6 is 0 Å². The zero-order valence-electron chi connectivity index (χ0n) is 14.4. The smallest absolute Gasteiger partial charge is 0.248 e. The molecule has 7 nitrogen and oxygen atoms in total. The Labute approximate surface area is 151 Å². The van der Waals surface area contributed by atoms with E-state index in [0.717, 1.165) is 18.1 Å². The van der Waals surface area contributed by atoms with Crippen molar-refractivity contribution in [1.82, 2.24) is 29.8 Å². The molecule has 130 valence electrons. The molecule has 0 radical (unpaired) electrons. The highest BCUT2D eigenvalue weighted by atomic mass is 15.6. The highest BCUT2D eigenvalue weighted by Gasteiger charge is 2.07. The SMILES string of the molecule is Cc1nccn1Cc1cccc(CNc2nnnn2-c2ccccc2)c1. The molecule has 0 unspecified atom stereocenters. The summed E-state index contributed by atoms with van der Waals surface area (Å²) in [5.74, 6) is 1.63. The van der Waals surface area contributed by atoms with E-state index in [9.17, 15) is 0 Å². The Morgan fingerprint density at radius 1 is 1.00 bits per heavy atom. The van der Waals surface area contributed by atoms with E-state index in [0.29, 0.717) is 12.5 Å². The molecule has 0 saturated carbocycles. The van der Waals surface area contributed by atoms with Crippen LogP contribution < -0.4 is 5.32 Å². The molecule has 0 fully saturated rings. The van der Waals surface area contributed by atoms with Gasteiger partial charge in [0, 0.05) is 25.5 Å². The van der Waals surface area contributed by atoms with Crippen LogP contribution in [0.25, 0.3) is 5.69 Å². The Morgan fingerprint density at radius 3 is 2.65 bits per heavy atom. The molecular weight excluding hydrogens is 326 g/mol. The average Bonchev–Trinajstić information content (AvgIpc) is 3.30. The number of anilines is 1. The van der Waals surface area contributed by atoms with Crippen molar-refractivity contribution in [3.05, 3.63) is 83.9 Å². The van der Waals surface area contributed by atoms with Gasteiger partial charge in [0.25, 0.3) is 0 Å². The van der Waals surface area contributed by atoms with Crippen LogP contribution in [-0.4, -0.2) is 29.8 Å². The first-order valence-corrected chi connectivity index (χ1v) is 8.43. The van der Waals surface area contributed by atoms with E-state index >= 15 is 0 Å². The fourth-order valence-electron chi connectivity index (χ4n) is 2.83. The van der Waals surface area contributed by atoms with Gasteiger partial charge in [-0.25, -0.2) is 4.98 Å². The second-order valence-electron chi connectivity index (χ2n) is 6.03. The van der Waals surface area contributed by atoms with Crippen LogP contribution in [0.15, 0.2) is 67.0 Å². The predicted molar refractivity (Wildman–Crippen MR) is 99.0 cm³/mol. The molecule has 7 heteroatoms. The number of aromatic nitrogens is 6. The first kappa shape index (κ1) is 16.0. The van der Waals surface area contributed by atoms with Gasteiger partial charge in [-0.05, 0) is 40.6 Å². The molecule has 26 heavy (non-hydrogen) atoms. The number of nitrogens with zero attached hydrogens (tertiary/aromatic N) is 6. The largest absolute Gasteiger partial charge is 0.349 e. The molecule has 2 aromatic heterocycles. The van der Waals surface area contributed by atoms with Gasteiger partial charge < -0.3 is 9.88 Å². The number of tetrazole rings is 1. The summed E-state index contributed by atoms with van der Waals surface area (Å²) in [4.78, 5) is 4.27. The third-order valence-electron chi connectivity index (χ3n) is 4.19. The van der Waals surface area contributed by atoms with Crippen molar-refractivity contribution in [2.24, 2.45) is 0 Å².